The van der Waals surface area contributed by atoms with Crippen LogP contribution in [0.1, 0.15) is 38.5 Å². The predicted octanol–water partition coefficient (Wildman–Crippen LogP) is 5.07. The lowest BCUT2D eigenvalue weighted by atomic mass is 9.88. The number of rotatable bonds is 3. The fraction of sp³-hybridized carbons (Fsp3) is 0.417. The minimum atomic E-state index is -3.51. The van der Waals surface area contributed by atoms with Crippen LogP contribution in [0.4, 0.5) is 8.78 Å². The van der Waals surface area contributed by atoms with Crippen LogP contribution in [0, 0.1) is 17.6 Å². The van der Waals surface area contributed by atoms with Crippen LogP contribution in [-0.2, 0) is 19.4 Å². The Morgan fingerprint density at radius 1 is 1.00 bits per heavy atom. The van der Waals surface area contributed by atoms with Gasteiger partial charge in [0.05, 0.1) is 14.6 Å². The molecule has 0 bridgehead atoms. The molecule has 1 amide bonds. The molecule has 0 radical (unpaired) electrons. The highest BCUT2D eigenvalue weighted by molar-refractivity contribution is 9.10. The zero-order chi connectivity index (χ0) is 25.1. The van der Waals surface area contributed by atoms with Gasteiger partial charge in [-0.3, -0.25) is 9.59 Å². The largest absolute Gasteiger partial charge is 0.483 e. The predicted molar refractivity (Wildman–Crippen MR) is 128 cm³/mol. The molecule has 186 valence electrons. The number of carbonyl (C=O) groups excluding carboxylic acids is 1. The SMILES string of the molecule is Fc1ccccc1Br.O=C(C1CCCCC1)N1CCC(S(=O)(=O)c2ccc(F)cc2)C1.O=CO. The monoisotopic (exact) mass is 559 g/mol. The first-order valence-electron chi connectivity index (χ1n) is 11.0. The number of halogens is 3. The lowest BCUT2D eigenvalue weighted by Gasteiger charge is -2.26. The van der Waals surface area contributed by atoms with Crippen molar-refractivity contribution in [3.05, 3.63) is 64.6 Å². The molecule has 2 aromatic carbocycles. The Labute approximate surface area is 207 Å². The van der Waals surface area contributed by atoms with Gasteiger partial charge in [0.2, 0.25) is 5.91 Å². The first-order chi connectivity index (χ1) is 16.2. The highest BCUT2D eigenvalue weighted by Crippen LogP contribution is 2.29. The number of benzene rings is 2. The van der Waals surface area contributed by atoms with Crippen LogP contribution >= 0.6 is 15.9 Å². The molecule has 2 aromatic rings. The zero-order valence-electron chi connectivity index (χ0n) is 18.6. The molecule has 10 heteroatoms. The summed E-state index contributed by atoms with van der Waals surface area (Å²) in [4.78, 5) is 22.7. The summed E-state index contributed by atoms with van der Waals surface area (Å²) in [7, 11) is -3.51. The molecule has 0 aromatic heterocycles. The van der Waals surface area contributed by atoms with E-state index >= 15 is 0 Å². The molecule has 1 aliphatic heterocycles. The summed E-state index contributed by atoms with van der Waals surface area (Å²) in [5, 5.41) is 6.31. The van der Waals surface area contributed by atoms with Crippen molar-refractivity contribution in [2.45, 2.75) is 48.7 Å². The van der Waals surface area contributed by atoms with Crippen molar-refractivity contribution in [2.24, 2.45) is 5.92 Å². The summed E-state index contributed by atoms with van der Waals surface area (Å²) < 4.78 is 51.0. The van der Waals surface area contributed by atoms with Crippen molar-refractivity contribution in [3.8, 4) is 0 Å². The second kappa shape index (κ2) is 13.5. The minimum absolute atomic E-state index is 0.0658. The van der Waals surface area contributed by atoms with E-state index in [-0.39, 0.29) is 35.6 Å². The third-order valence-corrected chi connectivity index (χ3v) is 8.65. The maximum Gasteiger partial charge on any atom is 0.290 e. The van der Waals surface area contributed by atoms with E-state index in [1.54, 1.807) is 23.1 Å². The first-order valence-corrected chi connectivity index (χ1v) is 13.3. The molecule has 1 saturated carbocycles. The molecule has 2 fully saturated rings. The highest BCUT2D eigenvalue weighted by Gasteiger charge is 2.38. The van der Waals surface area contributed by atoms with Gasteiger partial charge < -0.3 is 10.0 Å². The smallest absolute Gasteiger partial charge is 0.290 e. The number of likely N-dealkylation sites (tertiary alicyclic amines) is 1. The van der Waals surface area contributed by atoms with Gasteiger partial charge in [-0.15, -0.1) is 0 Å². The fourth-order valence-electron chi connectivity index (χ4n) is 4.05. The lowest BCUT2D eigenvalue weighted by Crippen LogP contribution is -2.37. The zero-order valence-corrected chi connectivity index (χ0v) is 21.0. The van der Waals surface area contributed by atoms with Crippen molar-refractivity contribution in [1.82, 2.24) is 4.90 Å². The molecule has 2 aliphatic rings. The van der Waals surface area contributed by atoms with Crippen molar-refractivity contribution < 1.29 is 31.9 Å². The van der Waals surface area contributed by atoms with Crippen LogP contribution in [0.5, 0.6) is 0 Å². The Morgan fingerprint density at radius 2 is 1.59 bits per heavy atom. The third-order valence-electron chi connectivity index (χ3n) is 5.82. The van der Waals surface area contributed by atoms with Gasteiger partial charge in [-0.1, -0.05) is 31.4 Å². The molecule has 1 atom stereocenters. The molecule has 1 unspecified atom stereocenters. The maximum atomic E-state index is 13.0. The molecule has 1 saturated heterocycles. The number of sulfone groups is 1. The normalized spacial score (nSPS) is 18.2. The van der Waals surface area contributed by atoms with E-state index in [1.807, 2.05) is 0 Å². The van der Waals surface area contributed by atoms with Crippen LogP contribution in [0.2, 0.25) is 0 Å². The number of amides is 1. The lowest BCUT2D eigenvalue weighted by molar-refractivity contribution is -0.135. The number of carboxylic acid groups (broad SMARTS) is 1. The van der Waals surface area contributed by atoms with Gasteiger partial charge in [-0.05, 0) is 71.6 Å². The van der Waals surface area contributed by atoms with Gasteiger partial charge >= 0.3 is 0 Å². The Morgan fingerprint density at radius 3 is 2.12 bits per heavy atom. The van der Waals surface area contributed by atoms with E-state index in [4.69, 9.17) is 9.90 Å². The second-order valence-corrected chi connectivity index (χ2v) is 11.1. The van der Waals surface area contributed by atoms with E-state index in [0.717, 1.165) is 37.8 Å². The molecule has 0 spiro atoms. The van der Waals surface area contributed by atoms with Crippen molar-refractivity contribution in [2.75, 3.05) is 13.1 Å². The Bertz CT molecular complexity index is 1020. The number of nitrogens with zero attached hydrogens (tertiary/aromatic N) is 1. The third kappa shape index (κ3) is 7.87. The average Bonchev–Trinajstić information content (AvgIpc) is 3.34. The van der Waals surface area contributed by atoms with E-state index in [9.17, 15) is 22.0 Å². The van der Waals surface area contributed by atoms with Crippen LogP contribution in [0.15, 0.2) is 57.9 Å². The van der Waals surface area contributed by atoms with Gasteiger partial charge in [0.25, 0.3) is 6.47 Å². The minimum Gasteiger partial charge on any atom is -0.483 e. The summed E-state index contributed by atoms with van der Waals surface area (Å²) >= 11 is 3.02. The van der Waals surface area contributed by atoms with E-state index in [0.29, 0.717) is 17.4 Å². The fourth-order valence-corrected chi connectivity index (χ4v) is 6.02. The summed E-state index contributed by atoms with van der Waals surface area (Å²) in [5.41, 5.74) is 0. The average molecular weight is 560 g/mol. The van der Waals surface area contributed by atoms with Crippen molar-refractivity contribution >= 4 is 38.1 Å². The standard InChI is InChI=1S/C17H22FNO3S.C6H4BrF.CH2O2/c18-14-6-8-15(9-7-14)23(21,22)16-10-11-19(12-16)17(20)13-4-2-1-3-5-13;7-5-3-1-2-4-6(5)8;2-1-3/h6-9,13,16H,1-5,10-12H2;1-4H;1H,(H,2,3). The van der Waals surface area contributed by atoms with Crippen LogP contribution in [0.3, 0.4) is 0 Å². The number of hydrogen-bond acceptors (Lipinski definition) is 4. The van der Waals surface area contributed by atoms with Gasteiger partial charge in [-0.2, -0.15) is 0 Å². The van der Waals surface area contributed by atoms with Crippen LogP contribution in [0.25, 0.3) is 0 Å². The molecule has 1 aliphatic carbocycles. The number of carbonyl (C=O) groups is 2. The topological polar surface area (TPSA) is 91.8 Å². The molecule has 34 heavy (non-hydrogen) atoms. The van der Waals surface area contributed by atoms with Crippen molar-refractivity contribution in [1.29, 1.82) is 0 Å². The van der Waals surface area contributed by atoms with Gasteiger partial charge in [0.15, 0.2) is 9.84 Å². The summed E-state index contributed by atoms with van der Waals surface area (Å²) in [5.74, 6) is -0.491. The summed E-state index contributed by atoms with van der Waals surface area (Å²) in [6.45, 7) is 0.509. The van der Waals surface area contributed by atoms with E-state index in [1.165, 1.54) is 24.6 Å². The van der Waals surface area contributed by atoms with E-state index < -0.39 is 20.9 Å². The van der Waals surface area contributed by atoms with E-state index in [2.05, 4.69) is 15.9 Å². The molecular weight excluding hydrogens is 532 g/mol. The number of hydrogen-bond donors (Lipinski definition) is 1. The summed E-state index contributed by atoms with van der Waals surface area (Å²) in [6.07, 6.45) is 5.65. The molecular formula is C24H28BrF2NO5S. The Hall–Kier alpha value is -2.33. The Kier molecular flexibility index (Phi) is 11.1. The van der Waals surface area contributed by atoms with Gasteiger partial charge in [0, 0.05) is 19.0 Å². The molecule has 1 N–H and O–H groups in total. The van der Waals surface area contributed by atoms with Gasteiger partial charge in [0.1, 0.15) is 11.6 Å². The van der Waals surface area contributed by atoms with Crippen molar-refractivity contribution in [3.63, 3.8) is 0 Å². The maximum absolute atomic E-state index is 13.0. The quantitative estimate of drug-likeness (QED) is 0.418. The molecule has 6 nitrogen and oxygen atoms in total. The second-order valence-electron chi connectivity index (χ2n) is 8.05. The van der Waals surface area contributed by atoms with Crippen LogP contribution in [-0.4, -0.2) is 49.1 Å². The van der Waals surface area contributed by atoms with Gasteiger partial charge in [-0.25, -0.2) is 17.2 Å². The van der Waals surface area contributed by atoms with Crippen LogP contribution < -0.4 is 0 Å². The molecule has 1 heterocycles. The first kappa shape index (κ1) is 27.9. The molecule has 4 rings (SSSR count). The Balaban J connectivity index is 0.000000309. The summed E-state index contributed by atoms with van der Waals surface area (Å²) in [6, 6.07) is 11.4. The highest BCUT2D eigenvalue weighted by atomic mass is 79.9.